The van der Waals surface area contributed by atoms with E-state index in [0.717, 1.165) is 32.6 Å². The van der Waals surface area contributed by atoms with E-state index in [1.54, 1.807) is 0 Å². The van der Waals surface area contributed by atoms with Gasteiger partial charge >= 0.3 is 23.9 Å². The Morgan fingerprint density at radius 3 is 1.97 bits per heavy atom. The zero-order valence-electron chi connectivity index (χ0n) is 22.0. The van der Waals surface area contributed by atoms with Crippen LogP contribution in [-0.4, -0.2) is 146 Å². The normalized spacial score (nSPS) is 31.2. The van der Waals surface area contributed by atoms with Crippen LogP contribution in [0.25, 0.3) is 0 Å². The van der Waals surface area contributed by atoms with Crippen LogP contribution in [0, 0.1) is 0 Å². The zero-order chi connectivity index (χ0) is 29.8. The lowest BCUT2D eigenvalue weighted by Gasteiger charge is -2.50. The van der Waals surface area contributed by atoms with Crippen molar-refractivity contribution in [3.63, 3.8) is 0 Å². The Bertz CT molecular complexity index is 952. The van der Waals surface area contributed by atoms with Crippen LogP contribution in [0.4, 0.5) is 0 Å². The number of ether oxygens (including phenoxy) is 5. The molecule has 0 amide bonds. The van der Waals surface area contributed by atoms with Crippen molar-refractivity contribution in [1.82, 2.24) is 9.80 Å². The molecule has 2 aliphatic heterocycles. The number of carbonyl (C=O) groups excluding carboxylic acids is 4. The third kappa shape index (κ3) is 7.30. The molecular formula is C22H34N2O14S. The molecule has 9 atom stereocenters. The highest BCUT2D eigenvalue weighted by Crippen LogP contribution is 2.38. The summed E-state index contributed by atoms with van der Waals surface area (Å²) in [5.41, 5.74) is -2.55. The van der Waals surface area contributed by atoms with Crippen molar-refractivity contribution >= 4 is 41.2 Å². The molecule has 2 aliphatic rings. The van der Waals surface area contributed by atoms with Gasteiger partial charge in [-0.25, -0.2) is 0 Å². The van der Waals surface area contributed by atoms with Crippen molar-refractivity contribution in [2.45, 2.75) is 82.4 Å². The monoisotopic (exact) mass is 582 g/mol. The highest BCUT2D eigenvalue weighted by Gasteiger charge is 2.62. The number of likely N-dealkylation sites (N-methyl/N-ethyl adjacent to an activating group) is 1. The van der Waals surface area contributed by atoms with E-state index in [9.17, 15) is 44.7 Å². The van der Waals surface area contributed by atoms with Gasteiger partial charge in [-0.15, -0.1) is 0 Å². The number of nitrogens with zero attached hydrogens (tertiary/aromatic N) is 2. The number of rotatable bonds is 10. The second-order valence-corrected chi connectivity index (χ2v) is 9.53. The average Bonchev–Trinajstić information content (AvgIpc) is 3.06. The standard InChI is InChI=1S/C22H34N2O14S/c1-9(26)34-7-14-16(35-10(2)27)17(36-11(3)28)18(37-12(4)29)20(38-14)24-21(39)23(5)8-22(24,33)19(32)15(31)13(30)6-25/h13-20,25,30-33H,6-8H2,1-5H3/t13-,14-,15-,16-,17+,18-,19+,20-,22?/m1/s1. The van der Waals surface area contributed by atoms with E-state index in [4.69, 9.17) is 35.9 Å². The molecule has 1 unspecified atom stereocenters. The minimum absolute atomic E-state index is 0.205. The van der Waals surface area contributed by atoms with Crippen LogP contribution in [0.2, 0.25) is 0 Å². The molecule has 2 heterocycles. The number of hydrogen-bond donors (Lipinski definition) is 5. The van der Waals surface area contributed by atoms with Crippen LogP contribution in [0.1, 0.15) is 27.7 Å². The summed E-state index contributed by atoms with van der Waals surface area (Å²) < 4.78 is 27.1. The first-order valence-electron chi connectivity index (χ1n) is 11.8. The van der Waals surface area contributed by atoms with Gasteiger partial charge in [-0.3, -0.25) is 24.1 Å². The fourth-order valence-electron chi connectivity index (χ4n) is 4.41. The summed E-state index contributed by atoms with van der Waals surface area (Å²) in [6.45, 7) is 2.20. The molecular weight excluding hydrogens is 548 g/mol. The number of aliphatic hydroxyl groups is 5. The topological polar surface area (TPSA) is 222 Å². The summed E-state index contributed by atoms with van der Waals surface area (Å²) in [5, 5.41) is 51.9. The number of hydrogen-bond acceptors (Lipinski definition) is 15. The zero-order valence-corrected chi connectivity index (χ0v) is 22.8. The second kappa shape index (κ2) is 13.1. The van der Waals surface area contributed by atoms with Crippen molar-refractivity contribution in [3.05, 3.63) is 0 Å². The first kappa shape index (κ1) is 32.5. The molecule has 2 fully saturated rings. The van der Waals surface area contributed by atoms with Crippen LogP contribution >= 0.6 is 12.2 Å². The second-order valence-electron chi connectivity index (χ2n) is 9.16. The highest BCUT2D eigenvalue weighted by molar-refractivity contribution is 7.80. The lowest BCUT2D eigenvalue weighted by Crippen LogP contribution is -2.72. The predicted molar refractivity (Wildman–Crippen MR) is 129 cm³/mol. The van der Waals surface area contributed by atoms with Crippen molar-refractivity contribution in [3.8, 4) is 0 Å². The molecule has 0 spiro atoms. The lowest BCUT2D eigenvalue weighted by molar-refractivity contribution is -0.301. The summed E-state index contributed by atoms with van der Waals surface area (Å²) in [6.07, 6.45) is -14.0. The number of aliphatic hydroxyl groups excluding tert-OH is 4. The van der Waals surface area contributed by atoms with Crippen molar-refractivity contribution in [2.24, 2.45) is 0 Å². The van der Waals surface area contributed by atoms with Crippen LogP contribution in [0.15, 0.2) is 0 Å². The smallest absolute Gasteiger partial charge is 0.303 e. The molecule has 0 bridgehead atoms. The van der Waals surface area contributed by atoms with E-state index in [2.05, 4.69) is 0 Å². The Labute approximate surface area is 228 Å². The SMILES string of the molecule is CC(=O)OC[C@H]1O[C@@H](N2C(=S)N(C)CC2(O)[C@@H](O)[C@H](O)[C@H](O)CO)[C@H](OC(C)=O)[C@@H](OC(C)=O)[C@@H]1OC(C)=O. The maximum atomic E-state index is 12.1. The molecule has 5 N–H and O–H groups in total. The van der Waals surface area contributed by atoms with E-state index >= 15 is 0 Å². The number of esters is 4. The minimum Gasteiger partial charge on any atom is -0.463 e. The molecule has 17 heteroatoms. The lowest BCUT2D eigenvalue weighted by atomic mass is 9.93. The van der Waals surface area contributed by atoms with Crippen LogP contribution in [0.3, 0.4) is 0 Å². The molecule has 16 nitrogen and oxygen atoms in total. The van der Waals surface area contributed by atoms with Gasteiger partial charge in [0.25, 0.3) is 0 Å². The fourth-order valence-corrected chi connectivity index (χ4v) is 4.74. The number of β-amino-alcohol motifs (C(OH)–C–C–N with tert-alkyl or cyclic N) is 1. The number of thiocarbonyl (C=S) groups is 1. The van der Waals surface area contributed by atoms with E-state index in [0.29, 0.717) is 0 Å². The Hall–Kier alpha value is -2.67. The predicted octanol–water partition coefficient (Wildman–Crippen LogP) is -3.63. The molecule has 222 valence electrons. The van der Waals surface area contributed by atoms with Crippen LogP contribution in [-0.2, 0) is 42.9 Å². The average molecular weight is 583 g/mol. The van der Waals surface area contributed by atoms with E-state index in [1.807, 2.05) is 0 Å². The van der Waals surface area contributed by atoms with Gasteiger partial charge in [-0.2, -0.15) is 0 Å². The first-order valence-corrected chi connectivity index (χ1v) is 12.2. The third-order valence-corrected chi connectivity index (χ3v) is 6.53. The molecule has 0 aromatic rings. The quantitative estimate of drug-likeness (QED) is 0.0952. The molecule has 0 aliphatic carbocycles. The molecule has 2 saturated heterocycles. The molecule has 0 aromatic carbocycles. The van der Waals surface area contributed by atoms with Gasteiger partial charge in [0.05, 0.1) is 13.2 Å². The Morgan fingerprint density at radius 1 is 0.974 bits per heavy atom. The van der Waals surface area contributed by atoms with Crippen molar-refractivity contribution in [2.75, 3.05) is 26.8 Å². The molecule has 2 rings (SSSR count). The van der Waals surface area contributed by atoms with E-state index in [-0.39, 0.29) is 5.11 Å². The summed E-state index contributed by atoms with van der Waals surface area (Å²) in [5.74, 6) is -3.39. The first-order chi connectivity index (χ1) is 18.0. The van der Waals surface area contributed by atoms with Gasteiger partial charge in [0, 0.05) is 34.7 Å². The molecule has 0 saturated carbocycles. The summed E-state index contributed by atoms with van der Waals surface area (Å²) in [7, 11) is 1.42. The largest absolute Gasteiger partial charge is 0.463 e. The van der Waals surface area contributed by atoms with Gasteiger partial charge in [0.2, 0.25) is 0 Å². The van der Waals surface area contributed by atoms with Gasteiger partial charge in [-0.05, 0) is 12.2 Å². The number of carbonyl (C=O) groups is 4. The maximum absolute atomic E-state index is 12.1. The van der Waals surface area contributed by atoms with E-state index in [1.165, 1.54) is 11.9 Å². The summed E-state index contributed by atoms with van der Waals surface area (Å²) >= 11 is 5.42. The Kier molecular flexibility index (Phi) is 10.9. The Morgan fingerprint density at radius 2 is 1.49 bits per heavy atom. The fraction of sp³-hybridized carbons (Fsp3) is 0.773. The van der Waals surface area contributed by atoms with Gasteiger partial charge < -0.3 is 54.1 Å². The highest BCUT2D eigenvalue weighted by atomic mass is 32.1. The van der Waals surface area contributed by atoms with Crippen molar-refractivity contribution < 1.29 is 68.4 Å². The summed E-state index contributed by atoms with van der Waals surface area (Å²) in [6, 6.07) is 0. The van der Waals surface area contributed by atoms with Gasteiger partial charge in [0.1, 0.15) is 31.0 Å². The summed E-state index contributed by atoms with van der Waals surface area (Å²) in [4.78, 5) is 49.8. The van der Waals surface area contributed by atoms with E-state index < -0.39 is 98.3 Å². The molecule has 39 heavy (non-hydrogen) atoms. The molecule has 0 radical (unpaired) electrons. The molecule has 0 aromatic heterocycles. The van der Waals surface area contributed by atoms with Gasteiger partial charge in [0.15, 0.2) is 35.4 Å². The van der Waals surface area contributed by atoms with Crippen LogP contribution < -0.4 is 0 Å². The maximum Gasteiger partial charge on any atom is 0.303 e. The van der Waals surface area contributed by atoms with Crippen molar-refractivity contribution in [1.29, 1.82) is 0 Å². The third-order valence-electron chi connectivity index (χ3n) is 6.02. The van der Waals surface area contributed by atoms with Crippen LogP contribution in [0.5, 0.6) is 0 Å². The Balaban J connectivity index is 2.70. The minimum atomic E-state index is -2.55. The van der Waals surface area contributed by atoms with Gasteiger partial charge in [-0.1, -0.05) is 0 Å².